The van der Waals surface area contributed by atoms with Crippen molar-refractivity contribution in [2.45, 2.75) is 18.4 Å². The molecule has 2 aromatic rings. The quantitative estimate of drug-likeness (QED) is 0.536. The summed E-state index contributed by atoms with van der Waals surface area (Å²) in [6, 6.07) is 1.43. The second-order valence-corrected chi connectivity index (χ2v) is 7.45. The predicted octanol–water partition coefficient (Wildman–Crippen LogP) is 1.37. The van der Waals surface area contributed by atoms with Crippen molar-refractivity contribution in [3.05, 3.63) is 32.8 Å². The van der Waals surface area contributed by atoms with Gasteiger partial charge < -0.3 is 5.43 Å². The number of hydrazine groups is 1. The van der Waals surface area contributed by atoms with Gasteiger partial charge in [-0.05, 0) is 28.9 Å². The minimum absolute atomic E-state index is 0.0253. The zero-order valence-electron chi connectivity index (χ0n) is 10.4. The normalized spacial score (nSPS) is 11.6. The zero-order chi connectivity index (χ0) is 14.8. The van der Waals surface area contributed by atoms with Crippen LogP contribution < -0.4 is 16.0 Å². The van der Waals surface area contributed by atoms with Crippen LogP contribution in [0, 0.1) is 6.92 Å². The van der Waals surface area contributed by atoms with E-state index in [-0.39, 0.29) is 17.3 Å². The van der Waals surface area contributed by atoms with Crippen molar-refractivity contribution in [2.24, 2.45) is 5.84 Å². The standard InChI is InChI=1S/C10H12BrN5O2S2/c1-6-5-19-9(15-6)4-14-20(17,18)8-2-7(11)3-13-10(8)16-12/h2-3,5,14H,4,12H2,1H3,(H,13,16). The van der Waals surface area contributed by atoms with Gasteiger partial charge in [0.25, 0.3) is 0 Å². The van der Waals surface area contributed by atoms with Gasteiger partial charge in [0.15, 0.2) is 5.82 Å². The molecule has 0 radical (unpaired) electrons. The third kappa shape index (κ3) is 3.52. The summed E-state index contributed by atoms with van der Waals surface area (Å²) >= 11 is 4.58. The molecule has 0 spiro atoms. The van der Waals surface area contributed by atoms with Crippen molar-refractivity contribution in [1.82, 2.24) is 14.7 Å². The number of nitrogens with zero attached hydrogens (tertiary/aromatic N) is 2. The SMILES string of the molecule is Cc1csc(CNS(=O)(=O)c2cc(Br)cnc2NN)n1. The average Bonchev–Trinajstić information content (AvgIpc) is 2.82. The first-order chi connectivity index (χ1) is 9.42. The summed E-state index contributed by atoms with van der Waals surface area (Å²) < 4.78 is 27.5. The molecule has 20 heavy (non-hydrogen) atoms. The average molecular weight is 378 g/mol. The minimum atomic E-state index is -3.73. The first-order valence-electron chi connectivity index (χ1n) is 5.45. The molecule has 0 fully saturated rings. The molecule has 10 heteroatoms. The Balaban J connectivity index is 2.24. The van der Waals surface area contributed by atoms with Gasteiger partial charge in [-0.3, -0.25) is 0 Å². The van der Waals surface area contributed by atoms with E-state index in [1.165, 1.54) is 23.6 Å². The predicted molar refractivity (Wildman–Crippen MR) is 80.6 cm³/mol. The highest BCUT2D eigenvalue weighted by atomic mass is 79.9. The van der Waals surface area contributed by atoms with Gasteiger partial charge in [0.2, 0.25) is 10.0 Å². The molecule has 0 saturated heterocycles. The molecule has 0 aromatic carbocycles. The van der Waals surface area contributed by atoms with Gasteiger partial charge >= 0.3 is 0 Å². The first kappa shape index (κ1) is 15.3. The van der Waals surface area contributed by atoms with Crippen LogP contribution in [-0.4, -0.2) is 18.4 Å². The van der Waals surface area contributed by atoms with Crippen LogP contribution in [0.1, 0.15) is 10.7 Å². The maximum Gasteiger partial charge on any atom is 0.244 e. The van der Waals surface area contributed by atoms with Crippen LogP contribution in [0.4, 0.5) is 5.82 Å². The van der Waals surface area contributed by atoms with Crippen LogP contribution in [0.2, 0.25) is 0 Å². The first-order valence-corrected chi connectivity index (χ1v) is 8.61. The van der Waals surface area contributed by atoms with E-state index in [9.17, 15) is 8.42 Å². The van der Waals surface area contributed by atoms with Gasteiger partial charge in [0.05, 0.1) is 6.54 Å². The fourth-order valence-corrected chi connectivity index (χ4v) is 3.87. The number of pyridine rings is 1. The Labute approximate surface area is 128 Å². The van der Waals surface area contributed by atoms with Gasteiger partial charge in [-0.2, -0.15) is 0 Å². The number of aromatic nitrogens is 2. The Morgan fingerprint density at radius 2 is 2.25 bits per heavy atom. The number of thiazole rings is 1. The number of halogens is 1. The minimum Gasteiger partial charge on any atom is -0.307 e. The van der Waals surface area contributed by atoms with Gasteiger partial charge in [0.1, 0.15) is 9.90 Å². The Morgan fingerprint density at radius 1 is 1.50 bits per heavy atom. The fraction of sp³-hybridized carbons (Fsp3) is 0.200. The van der Waals surface area contributed by atoms with Crippen LogP contribution in [0.3, 0.4) is 0 Å². The molecule has 2 rings (SSSR count). The second-order valence-electron chi connectivity index (χ2n) is 3.85. The number of anilines is 1. The van der Waals surface area contributed by atoms with Crippen LogP contribution in [0.15, 0.2) is 27.0 Å². The Morgan fingerprint density at radius 3 is 2.85 bits per heavy atom. The monoisotopic (exact) mass is 377 g/mol. The molecule has 4 N–H and O–H groups in total. The molecule has 0 unspecified atom stereocenters. The topological polar surface area (TPSA) is 110 Å². The van der Waals surface area contributed by atoms with Crippen molar-refractivity contribution in [3.8, 4) is 0 Å². The summed E-state index contributed by atoms with van der Waals surface area (Å²) in [6.07, 6.45) is 1.46. The highest BCUT2D eigenvalue weighted by Crippen LogP contribution is 2.22. The lowest BCUT2D eigenvalue weighted by Crippen LogP contribution is -2.25. The fourth-order valence-electron chi connectivity index (χ4n) is 1.45. The Hall–Kier alpha value is -1.07. The summed E-state index contributed by atoms with van der Waals surface area (Å²) in [4.78, 5) is 8.08. The summed E-state index contributed by atoms with van der Waals surface area (Å²) in [5, 5.41) is 2.55. The third-order valence-corrected chi connectivity index (χ3v) is 5.14. The van der Waals surface area contributed by atoms with Gasteiger partial charge in [-0.25, -0.2) is 29.0 Å². The molecule has 2 aromatic heterocycles. The molecule has 2 heterocycles. The number of nitrogens with one attached hydrogen (secondary N) is 2. The number of nitrogens with two attached hydrogens (primary N) is 1. The summed E-state index contributed by atoms with van der Waals surface area (Å²) in [5.41, 5.74) is 3.13. The third-order valence-electron chi connectivity index (χ3n) is 2.33. The van der Waals surface area contributed by atoms with E-state index in [1.807, 2.05) is 12.3 Å². The molecule has 0 atom stereocenters. The second kappa shape index (κ2) is 6.14. The van der Waals surface area contributed by atoms with Gasteiger partial charge in [0, 0.05) is 21.7 Å². The van der Waals surface area contributed by atoms with Crippen molar-refractivity contribution in [3.63, 3.8) is 0 Å². The lowest BCUT2D eigenvalue weighted by atomic mass is 10.5. The molecule has 108 valence electrons. The number of hydrogen-bond acceptors (Lipinski definition) is 7. The van der Waals surface area contributed by atoms with Gasteiger partial charge in [-0.15, -0.1) is 11.3 Å². The molecule has 0 aliphatic heterocycles. The van der Waals surface area contributed by atoms with E-state index < -0.39 is 10.0 Å². The van der Waals surface area contributed by atoms with E-state index in [0.29, 0.717) is 9.48 Å². The number of sulfonamides is 1. The van der Waals surface area contributed by atoms with Crippen LogP contribution in [0.5, 0.6) is 0 Å². The Bertz CT molecular complexity index is 716. The molecule has 0 bridgehead atoms. The largest absolute Gasteiger partial charge is 0.307 e. The van der Waals surface area contributed by atoms with E-state index >= 15 is 0 Å². The number of rotatable bonds is 5. The number of hydrogen-bond donors (Lipinski definition) is 3. The lowest BCUT2D eigenvalue weighted by Gasteiger charge is -2.09. The summed E-state index contributed by atoms with van der Waals surface area (Å²) in [5.74, 6) is 5.36. The molecular weight excluding hydrogens is 366 g/mol. The van der Waals surface area contributed by atoms with E-state index in [4.69, 9.17) is 5.84 Å². The molecule has 7 nitrogen and oxygen atoms in total. The maximum atomic E-state index is 12.3. The highest BCUT2D eigenvalue weighted by molar-refractivity contribution is 9.10. The summed E-state index contributed by atoms with van der Waals surface area (Å²) in [6.45, 7) is 1.97. The molecule has 0 saturated carbocycles. The smallest absolute Gasteiger partial charge is 0.244 e. The highest BCUT2D eigenvalue weighted by Gasteiger charge is 2.20. The number of aryl methyl sites for hydroxylation is 1. The van der Waals surface area contributed by atoms with Crippen molar-refractivity contribution in [1.29, 1.82) is 0 Å². The molecule has 0 aliphatic carbocycles. The van der Waals surface area contributed by atoms with E-state index in [0.717, 1.165) is 5.69 Å². The summed E-state index contributed by atoms with van der Waals surface area (Å²) in [7, 11) is -3.73. The molecule has 0 aliphatic rings. The van der Waals surface area contributed by atoms with Crippen LogP contribution >= 0.6 is 27.3 Å². The Kier molecular flexibility index (Phi) is 4.70. The molecule has 0 amide bonds. The number of nitrogen functional groups attached to an aromatic ring is 1. The van der Waals surface area contributed by atoms with Crippen molar-refractivity contribution >= 4 is 43.1 Å². The zero-order valence-corrected chi connectivity index (χ0v) is 13.6. The van der Waals surface area contributed by atoms with Crippen LogP contribution in [0.25, 0.3) is 0 Å². The van der Waals surface area contributed by atoms with E-state index in [1.54, 1.807) is 0 Å². The lowest BCUT2D eigenvalue weighted by molar-refractivity contribution is 0.581. The van der Waals surface area contributed by atoms with Crippen molar-refractivity contribution < 1.29 is 8.42 Å². The molecular formula is C10H12BrN5O2S2. The van der Waals surface area contributed by atoms with Gasteiger partial charge in [-0.1, -0.05) is 0 Å². The van der Waals surface area contributed by atoms with E-state index in [2.05, 4.69) is 36.0 Å². The van der Waals surface area contributed by atoms with Crippen molar-refractivity contribution in [2.75, 3.05) is 5.43 Å². The maximum absolute atomic E-state index is 12.3. The van der Waals surface area contributed by atoms with Crippen LogP contribution in [-0.2, 0) is 16.6 Å².